The first kappa shape index (κ1) is 24.8. The number of amides is 1. The molecule has 1 aromatic rings. The Bertz CT molecular complexity index is 731. The number of unbranched alkanes of at least 4 members (excludes halogenated alkanes) is 3. The lowest BCUT2D eigenvalue weighted by Gasteiger charge is -2.38. The lowest BCUT2D eigenvalue weighted by molar-refractivity contribution is -0.140. The lowest BCUT2D eigenvalue weighted by Crippen LogP contribution is -2.48. The molecule has 0 bridgehead atoms. The van der Waals surface area contributed by atoms with Gasteiger partial charge in [0, 0.05) is 30.5 Å². The molecule has 2 aliphatic rings. The van der Waals surface area contributed by atoms with Crippen molar-refractivity contribution >= 4 is 5.91 Å². The SMILES string of the molecule is CCCC#Cc1ccc(CN(C(=O)[C@H]2CC[C@H](CCCCC)CC2)C2CCNCC2)cc1. The third-order valence-corrected chi connectivity index (χ3v) is 7.36. The third-order valence-electron chi connectivity index (χ3n) is 7.36. The van der Waals surface area contributed by atoms with E-state index in [9.17, 15) is 4.79 Å². The van der Waals surface area contributed by atoms with E-state index in [0.29, 0.717) is 11.9 Å². The highest BCUT2D eigenvalue weighted by atomic mass is 16.2. The highest BCUT2D eigenvalue weighted by Gasteiger charge is 2.33. The minimum absolute atomic E-state index is 0.228. The first-order valence-electron chi connectivity index (χ1n) is 13.3. The summed E-state index contributed by atoms with van der Waals surface area (Å²) >= 11 is 0. The van der Waals surface area contributed by atoms with Gasteiger partial charge in [-0.05, 0) is 81.6 Å². The van der Waals surface area contributed by atoms with Gasteiger partial charge in [0.25, 0.3) is 0 Å². The Kier molecular flexibility index (Phi) is 10.6. The highest BCUT2D eigenvalue weighted by molar-refractivity contribution is 5.79. The lowest BCUT2D eigenvalue weighted by atomic mass is 9.79. The second-order valence-electron chi connectivity index (χ2n) is 9.91. The fourth-order valence-electron chi connectivity index (χ4n) is 5.30. The molecule has 1 aliphatic carbocycles. The van der Waals surface area contributed by atoms with Crippen molar-refractivity contribution in [3.63, 3.8) is 0 Å². The highest BCUT2D eigenvalue weighted by Crippen LogP contribution is 2.34. The molecule has 2 fully saturated rings. The third kappa shape index (κ3) is 7.66. The molecule has 0 aromatic heterocycles. The van der Waals surface area contributed by atoms with Crippen molar-refractivity contribution in [3.8, 4) is 11.8 Å². The van der Waals surface area contributed by atoms with Gasteiger partial charge < -0.3 is 10.2 Å². The smallest absolute Gasteiger partial charge is 0.226 e. The fourth-order valence-corrected chi connectivity index (χ4v) is 5.30. The van der Waals surface area contributed by atoms with Crippen LogP contribution in [0.2, 0.25) is 0 Å². The Hall–Kier alpha value is -1.79. The maximum Gasteiger partial charge on any atom is 0.226 e. The number of rotatable bonds is 9. The number of carbonyl (C=O) groups is 1. The largest absolute Gasteiger partial charge is 0.335 e. The minimum Gasteiger partial charge on any atom is -0.335 e. The first-order chi connectivity index (χ1) is 15.7. The Balaban J connectivity index is 1.62. The molecular weight excluding hydrogens is 392 g/mol. The van der Waals surface area contributed by atoms with E-state index in [2.05, 4.69) is 60.2 Å². The van der Waals surface area contributed by atoms with Crippen molar-refractivity contribution in [1.29, 1.82) is 0 Å². The molecule has 1 saturated heterocycles. The van der Waals surface area contributed by atoms with Crippen molar-refractivity contribution in [2.75, 3.05) is 13.1 Å². The van der Waals surface area contributed by atoms with Crippen LogP contribution in [-0.2, 0) is 11.3 Å². The van der Waals surface area contributed by atoms with Gasteiger partial charge in [0.15, 0.2) is 0 Å². The van der Waals surface area contributed by atoms with Crippen LogP contribution in [0, 0.1) is 23.7 Å². The van der Waals surface area contributed by atoms with Crippen molar-refractivity contribution in [2.24, 2.45) is 11.8 Å². The number of hydrogen-bond donors (Lipinski definition) is 1. The van der Waals surface area contributed by atoms with Gasteiger partial charge in [-0.2, -0.15) is 0 Å². The predicted octanol–water partition coefficient (Wildman–Crippen LogP) is 6.31. The summed E-state index contributed by atoms with van der Waals surface area (Å²) in [6.45, 7) is 7.21. The summed E-state index contributed by atoms with van der Waals surface area (Å²) in [5.41, 5.74) is 2.30. The molecule has 1 saturated carbocycles. The Morgan fingerprint density at radius 2 is 1.69 bits per heavy atom. The van der Waals surface area contributed by atoms with E-state index in [-0.39, 0.29) is 5.92 Å². The molecule has 3 nitrogen and oxygen atoms in total. The maximum atomic E-state index is 13.7. The first-order valence-corrected chi connectivity index (χ1v) is 13.3. The van der Waals surface area contributed by atoms with Crippen LogP contribution in [0.1, 0.15) is 102 Å². The van der Waals surface area contributed by atoms with Crippen LogP contribution >= 0.6 is 0 Å². The van der Waals surface area contributed by atoms with Crippen molar-refractivity contribution in [3.05, 3.63) is 35.4 Å². The van der Waals surface area contributed by atoms with Crippen molar-refractivity contribution in [1.82, 2.24) is 10.2 Å². The van der Waals surface area contributed by atoms with E-state index in [1.54, 1.807) is 0 Å². The summed E-state index contributed by atoms with van der Waals surface area (Å²) in [6, 6.07) is 8.94. The summed E-state index contributed by atoms with van der Waals surface area (Å²) < 4.78 is 0. The Labute approximate surface area is 196 Å². The van der Waals surface area contributed by atoms with E-state index < -0.39 is 0 Å². The number of hydrogen-bond acceptors (Lipinski definition) is 2. The van der Waals surface area contributed by atoms with Crippen LogP contribution in [0.5, 0.6) is 0 Å². The molecule has 3 heteroatoms. The van der Waals surface area contributed by atoms with Crippen LogP contribution in [0.3, 0.4) is 0 Å². The molecule has 1 amide bonds. The molecule has 32 heavy (non-hydrogen) atoms. The molecule has 0 unspecified atom stereocenters. The van der Waals surface area contributed by atoms with E-state index in [1.165, 1.54) is 44.1 Å². The predicted molar refractivity (Wildman–Crippen MR) is 134 cm³/mol. The molecule has 0 atom stereocenters. The van der Waals surface area contributed by atoms with E-state index in [4.69, 9.17) is 0 Å². The van der Waals surface area contributed by atoms with Gasteiger partial charge in [-0.25, -0.2) is 0 Å². The van der Waals surface area contributed by atoms with E-state index >= 15 is 0 Å². The van der Waals surface area contributed by atoms with E-state index in [0.717, 1.165) is 69.6 Å². The monoisotopic (exact) mass is 436 g/mol. The molecule has 1 N–H and O–H groups in total. The molecule has 1 aliphatic heterocycles. The summed E-state index contributed by atoms with van der Waals surface area (Å²) in [6.07, 6.45) is 14.2. The van der Waals surface area contributed by atoms with Crippen molar-refractivity contribution in [2.45, 2.75) is 103 Å². The second kappa shape index (κ2) is 13.7. The minimum atomic E-state index is 0.228. The van der Waals surface area contributed by atoms with Crippen LogP contribution in [0.4, 0.5) is 0 Å². The standard InChI is InChI=1S/C29H44N2O/c1-3-5-7-9-24-11-13-26(14-12-24)23-31(28-19-21-30-22-20-28)29(32)27-17-15-25(16-18-27)10-8-6-4-2/h11-14,25,27-28,30H,3-6,8,10,15-23H2,1-2H3/t25-,27-. The maximum absolute atomic E-state index is 13.7. The quantitative estimate of drug-likeness (QED) is 0.364. The zero-order chi connectivity index (χ0) is 22.6. The average molecular weight is 437 g/mol. The summed E-state index contributed by atoms with van der Waals surface area (Å²) in [4.78, 5) is 15.9. The summed E-state index contributed by atoms with van der Waals surface area (Å²) in [5, 5.41) is 3.46. The molecule has 1 heterocycles. The van der Waals surface area contributed by atoms with Gasteiger partial charge in [-0.3, -0.25) is 4.79 Å². The zero-order valence-corrected chi connectivity index (χ0v) is 20.5. The average Bonchev–Trinajstić information content (AvgIpc) is 2.84. The zero-order valence-electron chi connectivity index (χ0n) is 20.5. The van der Waals surface area contributed by atoms with E-state index in [1.807, 2.05) is 0 Å². The molecule has 176 valence electrons. The number of nitrogens with one attached hydrogen (secondary N) is 1. The number of piperidine rings is 1. The fraction of sp³-hybridized carbons (Fsp3) is 0.690. The molecular formula is C29H44N2O. The van der Waals surface area contributed by atoms with Gasteiger partial charge in [0.1, 0.15) is 0 Å². The molecule has 3 rings (SSSR count). The van der Waals surface area contributed by atoms with Gasteiger partial charge >= 0.3 is 0 Å². The Morgan fingerprint density at radius 3 is 2.34 bits per heavy atom. The van der Waals surface area contributed by atoms with Crippen LogP contribution in [0.15, 0.2) is 24.3 Å². The van der Waals surface area contributed by atoms with Crippen LogP contribution < -0.4 is 5.32 Å². The van der Waals surface area contributed by atoms with Gasteiger partial charge in [0.05, 0.1) is 0 Å². The van der Waals surface area contributed by atoms with Gasteiger partial charge in [-0.15, -0.1) is 0 Å². The summed E-state index contributed by atoms with van der Waals surface area (Å²) in [5.74, 6) is 7.96. The molecule has 1 aromatic carbocycles. The molecule has 0 radical (unpaired) electrons. The van der Waals surface area contributed by atoms with Crippen molar-refractivity contribution < 1.29 is 4.79 Å². The second-order valence-corrected chi connectivity index (χ2v) is 9.91. The number of benzene rings is 1. The van der Waals surface area contributed by atoms with Gasteiger partial charge in [-0.1, -0.05) is 63.5 Å². The topological polar surface area (TPSA) is 32.3 Å². The van der Waals surface area contributed by atoms with Crippen LogP contribution in [0.25, 0.3) is 0 Å². The normalized spacial score (nSPS) is 21.6. The number of carbonyl (C=O) groups excluding carboxylic acids is 1. The number of nitrogens with zero attached hydrogens (tertiary/aromatic N) is 1. The van der Waals surface area contributed by atoms with Gasteiger partial charge in [0.2, 0.25) is 5.91 Å². The molecule has 0 spiro atoms. The Morgan fingerprint density at radius 1 is 0.969 bits per heavy atom. The summed E-state index contributed by atoms with van der Waals surface area (Å²) in [7, 11) is 0. The van der Waals surface area contributed by atoms with Crippen LogP contribution in [-0.4, -0.2) is 29.9 Å².